The molecule has 110 valence electrons. The molecule has 0 N–H and O–H groups in total. The van der Waals surface area contributed by atoms with Gasteiger partial charge in [-0.1, -0.05) is 26.0 Å². The summed E-state index contributed by atoms with van der Waals surface area (Å²) in [6.07, 6.45) is 6.52. The third-order valence-electron chi connectivity index (χ3n) is 4.24. The molecule has 0 amide bonds. The van der Waals surface area contributed by atoms with E-state index in [1.165, 1.54) is 16.5 Å². The maximum Gasteiger partial charge on any atom is 0.0821 e. The van der Waals surface area contributed by atoms with Crippen LogP contribution < -0.4 is 0 Å². The second kappa shape index (κ2) is 5.76. The van der Waals surface area contributed by atoms with Crippen molar-refractivity contribution in [2.75, 3.05) is 0 Å². The van der Waals surface area contributed by atoms with Crippen molar-refractivity contribution in [3.05, 3.63) is 54.0 Å². The maximum absolute atomic E-state index is 4.75. The molecule has 0 aliphatic carbocycles. The molecule has 2 aromatic heterocycles. The van der Waals surface area contributed by atoms with Gasteiger partial charge in [-0.3, -0.25) is 4.68 Å². The Morgan fingerprint density at radius 1 is 1.05 bits per heavy atom. The van der Waals surface area contributed by atoms with Crippen LogP contribution in [0.25, 0.3) is 10.9 Å². The Hall–Kier alpha value is -2.03. The molecule has 0 unspecified atom stereocenters. The molecule has 0 bridgehead atoms. The van der Waals surface area contributed by atoms with E-state index >= 15 is 0 Å². The highest BCUT2D eigenvalue weighted by Gasteiger charge is 2.09. The van der Waals surface area contributed by atoms with Crippen LogP contribution in [0, 0.1) is 6.92 Å². The van der Waals surface area contributed by atoms with Crippen LogP contribution in [0.1, 0.15) is 44.0 Å². The van der Waals surface area contributed by atoms with Gasteiger partial charge in [0.05, 0.1) is 18.3 Å². The zero-order valence-electron chi connectivity index (χ0n) is 13.1. The summed E-state index contributed by atoms with van der Waals surface area (Å²) in [7, 11) is 0. The molecule has 3 heteroatoms. The SMILES string of the molecule is CCC(CC)n1ccc(Cn2ccc3ccc(C)cc32)n1. The van der Waals surface area contributed by atoms with Gasteiger partial charge < -0.3 is 4.57 Å². The van der Waals surface area contributed by atoms with Crippen molar-refractivity contribution in [3.63, 3.8) is 0 Å². The van der Waals surface area contributed by atoms with Gasteiger partial charge in [0.25, 0.3) is 0 Å². The molecule has 3 aromatic rings. The summed E-state index contributed by atoms with van der Waals surface area (Å²) in [5.41, 5.74) is 3.71. The Balaban J connectivity index is 1.87. The van der Waals surface area contributed by atoms with E-state index in [2.05, 4.69) is 72.7 Å². The van der Waals surface area contributed by atoms with Gasteiger partial charge in [0, 0.05) is 17.9 Å². The average molecular weight is 281 g/mol. The topological polar surface area (TPSA) is 22.8 Å². The van der Waals surface area contributed by atoms with Crippen LogP contribution in [-0.4, -0.2) is 14.3 Å². The minimum atomic E-state index is 0.516. The van der Waals surface area contributed by atoms with Crippen molar-refractivity contribution >= 4 is 10.9 Å². The summed E-state index contributed by atoms with van der Waals surface area (Å²) in [5, 5.41) is 6.04. The van der Waals surface area contributed by atoms with Gasteiger partial charge in [0.1, 0.15) is 0 Å². The van der Waals surface area contributed by atoms with Crippen LogP contribution >= 0.6 is 0 Å². The maximum atomic E-state index is 4.75. The molecular weight excluding hydrogens is 258 g/mol. The average Bonchev–Trinajstić information content (AvgIpc) is 3.09. The summed E-state index contributed by atoms with van der Waals surface area (Å²) in [6.45, 7) is 7.41. The monoisotopic (exact) mass is 281 g/mol. The number of hydrogen-bond donors (Lipinski definition) is 0. The number of aryl methyl sites for hydroxylation is 1. The predicted molar refractivity (Wildman–Crippen MR) is 87.6 cm³/mol. The van der Waals surface area contributed by atoms with Gasteiger partial charge in [0.2, 0.25) is 0 Å². The standard InChI is InChI=1S/C18H23N3/c1-4-17(5-2)21-11-9-16(19-21)13-20-10-8-15-7-6-14(3)12-18(15)20/h6-12,17H,4-5,13H2,1-3H3. The first-order valence-corrected chi connectivity index (χ1v) is 7.80. The number of fused-ring (bicyclic) bond motifs is 1. The first-order chi connectivity index (χ1) is 10.2. The highest BCUT2D eigenvalue weighted by molar-refractivity contribution is 5.80. The molecule has 3 nitrogen and oxygen atoms in total. The van der Waals surface area contributed by atoms with E-state index in [0.29, 0.717) is 6.04 Å². The lowest BCUT2D eigenvalue weighted by molar-refractivity contribution is 0.425. The van der Waals surface area contributed by atoms with Gasteiger partial charge in [-0.15, -0.1) is 0 Å². The summed E-state index contributed by atoms with van der Waals surface area (Å²) < 4.78 is 4.40. The Morgan fingerprint density at radius 3 is 2.62 bits per heavy atom. The second-order valence-corrected chi connectivity index (χ2v) is 5.76. The molecule has 0 spiro atoms. The molecule has 0 radical (unpaired) electrons. The Morgan fingerprint density at radius 2 is 1.86 bits per heavy atom. The highest BCUT2D eigenvalue weighted by Crippen LogP contribution is 2.19. The van der Waals surface area contributed by atoms with Crippen LogP contribution in [0.4, 0.5) is 0 Å². The molecule has 2 heterocycles. The van der Waals surface area contributed by atoms with Crippen LogP contribution in [-0.2, 0) is 6.54 Å². The summed E-state index contributed by atoms with van der Waals surface area (Å²) in [5.74, 6) is 0. The molecule has 0 atom stereocenters. The quantitative estimate of drug-likeness (QED) is 0.672. The lowest BCUT2D eigenvalue weighted by atomic mass is 10.2. The number of nitrogens with zero attached hydrogens (tertiary/aromatic N) is 3. The highest BCUT2D eigenvalue weighted by atomic mass is 15.3. The normalized spacial score (nSPS) is 11.6. The Bertz CT molecular complexity index is 732. The van der Waals surface area contributed by atoms with E-state index < -0.39 is 0 Å². The molecule has 3 rings (SSSR count). The molecule has 1 aromatic carbocycles. The van der Waals surface area contributed by atoms with E-state index in [1.54, 1.807) is 0 Å². The zero-order valence-corrected chi connectivity index (χ0v) is 13.1. The van der Waals surface area contributed by atoms with E-state index in [4.69, 9.17) is 5.10 Å². The number of aromatic nitrogens is 3. The smallest absolute Gasteiger partial charge is 0.0821 e. The Kier molecular flexibility index (Phi) is 3.82. The van der Waals surface area contributed by atoms with Crippen LogP contribution in [0.3, 0.4) is 0 Å². The lowest BCUT2D eigenvalue weighted by Crippen LogP contribution is -2.08. The fraction of sp³-hybridized carbons (Fsp3) is 0.389. The summed E-state index contributed by atoms with van der Waals surface area (Å²) >= 11 is 0. The predicted octanol–water partition coefficient (Wildman–Crippen LogP) is 4.56. The molecule has 0 saturated carbocycles. The molecule has 0 aliphatic rings. The number of benzene rings is 1. The summed E-state index contributed by atoms with van der Waals surface area (Å²) in [4.78, 5) is 0. The minimum Gasteiger partial charge on any atom is -0.341 e. The molecule has 0 saturated heterocycles. The second-order valence-electron chi connectivity index (χ2n) is 5.76. The first kappa shape index (κ1) is 13.9. The van der Waals surface area contributed by atoms with Crippen LogP contribution in [0.15, 0.2) is 42.7 Å². The van der Waals surface area contributed by atoms with Crippen molar-refractivity contribution in [2.24, 2.45) is 0 Å². The number of hydrogen-bond acceptors (Lipinski definition) is 1. The molecule has 0 fully saturated rings. The third kappa shape index (κ3) is 2.73. The minimum absolute atomic E-state index is 0.516. The fourth-order valence-electron chi connectivity index (χ4n) is 2.93. The van der Waals surface area contributed by atoms with Crippen molar-refractivity contribution in [2.45, 2.75) is 46.2 Å². The van der Waals surface area contributed by atoms with E-state index in [9.17, 15) is 0 Å². The third-order valence-corrected chi connectivity index (χ3v) is 4.24. The van der Waals surface area contributed by atoms with Crippen molar-refractivity contribution < 1.29 is 0 Å². The zero-order chi connectivity index (χ0) is 14.8. The van der Waals surface area contributed by atoms with Crippen molar-refractivity contribution in [1.29, 1.82) is 0 Å². The fourth-order valence-corrected chi connectivity index (χ4v) is 2.93. The van der Waals surface area contributed by atoms with Gasteiger partial charge >= 0.3 is 0 Å². The molecule has 21 heavy (non-hydrogen) atoms. The van der Waals surface area contributed by atoms with Crippen molar-refractivity contribution in [1.82, 2.24) is 14.3 Å². The van der Waals surface area contributed by atoms with Crippen molar-refractivity contribution in [3.8, 4) is 0 Å². The van der Waals surface area contributed by atoms with Gasteiger partial charge in [-0.25, -0.2) is 0 Å². The van der Waals surface area contributed by atoms with E-state index in [1.807, 2.05) is 0 Å². The number of rotatable bonds is 5. The van der Waals surface area contributed by atoms with E-state index in [-0.39, 0.29) is 0 Å². The van der Waals surface area contributed by atoms with E-state index in [0.717, 1.165) is 25.1 Å². The van der Waals surface area contributed by atoms with Crippen LogP contribution in [0.2, 0.25) is 0 Å². The Labute approximate surface area is 126 Å². The van der Waals surface area contributed by atoms with Gasteiger partial charge in [0.15, 0.2) is 0 Å². The lowest BCUT2D eigenvalue weighted by Gasteiger charge is -2.12. The largest absolute Gasteiger partial charge is 0.341 e. The van der Waals surface area contributed by atoms with Gasteiger partial charge in [-0.2, -0.15) is 5.10 Å². The molecular formula is C18H23N3. The van der Waals surface area contributed by atoms with Crippen LogP contribution in [0.5, 0.6) is 0 Å². The molecule has 0 aliphatic heterocycles. The summed E-state index contributed by atoms with van der Waals surface area (Å²) in [6, 6.07) is 11.4. The first-order valence-electron chi connectivity index (χ1n) is 7.80. The van der Waals surface area contributed by atoms with Gasteiger partial charge in [-0.05, 0) is 48.9 Å².